The molecule has 0 spiro atoms. The predicted octanol–water partition coefficient (Wildman–Crippen LogP) is 4.01. The first-order valence-corrected chi connectivity index (χ1v) is 7.95. The highest BCUT2D eigenvalue weighted by Gasteiger charge is 2.15. The van der Waals surface area contributed by atoms with Gasteiger partial charge in [0.25, 0.3) is 5.91 Å². The van der Waals surface area contributed by atoms with Crippen LogP contribution in [0.5, 0.6) is 0 Å². The highest BCUT2D eigenvalue weighted by atomic mass is 35.5. The number of nitrogens with zero attached hydrogens (tertiary/aromatic N) is 3. The third-order valence-electron chi connectivity index (χ3n) is 3.88. The van der Waals surface area contributed by atoms with E-state index in [1.807, 2.05) is 38.1 Å². The topological polar surface area (TPSA) is 51.3 Å². The predicted molar refractivity (Wildman–Crippen MR) is 92.6 cm³/mol. The lowest BCUT2D eigenvalue weighted by molar-refractivity contribution is 0.0775. The van der Waals surface area contributed by atoms with E-state index in [1.165, 1.54) is 0 Å². The second kappa shape index (κ2) is 6.53. The quantitative estimate of drug-likeness (QED) is 0.719. The van der Waals surface area contributed by atoms with Crippen LogP contribution in [0.3, 0.4) is 0 Å². The number of hydrogen-bond acceptors (Lipinski definition) is 3. The van der Waals surface area contributed by atoms with Gasteiger partial charge in [0, 0.05) is 12.6 Å². The molecule has 0 saturated carbocycles. The van der Waals surface area contributed by atoms with Crippen molar-refractivity contribution in [2.24, 2.45) is 0 Å². The number of benzene rings is 1. The number of carbonyl (C=O) groups excluding carboxylic acids is 1. The molecule has 1 amide bonds. The summed E-state index contributed by atoms with van der Waals surface area (Å²) in [5.74, 6) is 0.684. The van der Waals surface area contributed by atoms with Gasteiger partial charge in [-0.15, -0.1) is 0 Å². The highest BCUT2D eigenvalue weighted by Crippen LogP contribution is 2.22. The first-order valence-electron chi connectivity index (χ1n) is 7.57. The Kier molecular flexibility index (Phi) is 4.44. The van der Waals surface area contributed by atoms with Gasteiger partial charge in [0.05, 0.1) is 34.9 Å². The Balaban J connectivity index is 1.78. The molecule has 5 nitrogen and oxygen atoms in total. The largest absolute Gasteiger partial charge is 0.467 e. The second-order valence-corrected chi connectivity index (χ2v) is 6.06. The average Bonchev–Trinajstić information content (AvgIpc) is 3.18. The van der Waals surface area contributed by atoms with Crippen LogP contribution in [-0.4, -0.2) is 27.6 Å². The summed E-state index contributed by atoms with van der Waals surface area (Å²) in [5, 5.41) is 5.08. The molecule has 0 aliphatic carbocycles. The number of aromatic nitrogens is 2. The van der Waals surface area contributed by atoms with Gasteiger partial charge in [-0.25, -0.2) is 4.68 Å². The van der Waals surface area contributed by atoms with Crippen molar-refractivity contribution in [2.45, 2.75) is 20.4 Å². The molecule has 0 aliphatic rings. The highest BCUT2D eigenvalue weighted by molar-refractivity contribution is 6.31. The minimum Gasteiger partial charge on any atom is -0.467 e. The number of amides is 1. The first kappa shape index (κ1) is 16.3. The van der Waals surface area contributed by atoms with Crippen LogP contribution in [0.25, 0.3) is 5.69 Å². The summed E-state index contributed by atoms with van der Waals surface area (Å²) < 4.78 is 7.05. The van der Waals surface area contributed by atoms with Gasteiger partial charge in [0.2, 0.25) is 0 Å². The van der Waals surface area contributed by atoms with E-state index in [1.54, 1.807) is 35.0 Å². The lowest BCUT2D eigenvalue weighted by atomic mass is 10.2. The fraction of sp³-hybridized carbons (Fsp3) is 0.222. The summed E-state index contributed by atoms with van der Waals surface area (Å²) in [6, 6.07) is 11.0. The Bertz CT molecular complexity index is 851. The molecule has 1 aromatic carbocycles. The molecule has 0 atom stereocenters. The van der Waals surface area contributed by atoms with Crippen LogP contribution in [0.4, 0.5) is 0 Å². The molecule has 0 unspecified atom stereocenters. The zero-order valence-corrected chi connectivity index (χ0v) is 14.5. The molecular weight excluding hydrogens is 326 g/mol. The fourth-order valence-electron chi connectivity index (χ4n) is 2.55. The molecule has 2 aromatic heterocycles. The van der Waals surface area contributed by atoms with Crippen molar-refractivity contribution in [3.63, 3.8) is 0 Å². The maximum absolute atomic E-state index is 12.5. The smallest absolute Gasteiger partial charge is 0.254 e. The van der Waals surface area contributed by atoms with Crippen molar-refractivity contribution in [3.05, 3.63) is 70.4 Å². The lowest BCUT2D eigenvalue weighted by Gasteiger charge is -2.16. The lowest BCUT2D eigenvalue weighted by Crippen LogP contribution is -2.25. The molecule has 0 saturated heterocycles. The van der Waals surface area contributed by atoms with Crippen LogP contribution in [0.2, 0.25) is 5.02 Å². The maximum atomic E-state index is 12.5. The van der Waals surface area contributed by atoms with E-state index in [0.29, 0.717) is 17.1 Å². The molecule has 24 heavy (non-hydrogen) atoms. The summed E-state index contributed by atoms with van der Waals surface area (Å²) in [4.78, 5) is 14.1. The summed E-state index contributed by atoms with van der Waals surface area (Å²) >= 11 is 6.19. The van der Waals surface area contributed by atoms with Gasteiger partial charge in [-0.1, -0.05) is 11.6 Å². The van der Waals surface area contributed by atoms with Crippen molar-refractivity contribution < 1.29 is 9.21 Å². The van der Waals surface area contributed by atoms with Gasteiger partial charge in [-0.05, 0) is 50.2 Å². The van der Waals surface area contributed by atoms with E-state index >= 15 is 0 Å². The van der Waals surface area contributed by atoms with Crippen molar-refractivity contribution in [1.82, 2.24) is 14.7 Å². The van der Waals surface area contributed by atoms with Gasteiger partial charge in [0.1, 0.15) is 5.76 Å². The molecule has 0 radical (unpaired) electrons. The van der Waals surface area contributed by atoms with E-state index < -0.39 is 0 Å². The molecule has 3 aromatic rings. The van der Waals surface area contributed by atoms with E-state index in [2.05, 4.69) is 5.10 Å². The van der Waals surface area contributed by atoms with Gasteiger partial charge in [0.15, 0.2) is 0 Å². The van der Waals surface area contributed by atoms with Crippen molar-refractivity contribution in [2.75, 3.05) is 7.05 Å². The molecule has 0 bridgehead atoms. The van der Waals surface area contributed by atoms with Gasteiger partial charge in [-0.2, -0.15) is 5.10 Å². The second-order valence-electron chi connectivity index (χ2n) is 5.68. The van der Waals surface area contributed by atoms with Crippen LogP contribution >= 0.6 is 11.6 Å². The van der Waals surface area contributed by atoms with Crippen LogP contribution in [-0.2, 0) is 6.54 Å². The molecular formula is C18H18ClN3O2. The van der Waals surface area contributed by atoms with E-state index in [9.17, 15) is 4.79 Å². The number of furan rings is 1. The Morgan fingerprint density at radius 3 is 2.50 bits per heavy atom. The molecule has 0 aliphatic heterocycles. The Labute approximate surface area is 145 Å². The van der Waals surface area contributed by atoms with Gasteiger partial charge >= 0.3 is 0 Å². The monoisotopic (exact) mass is 343 g/mol. The van der Waals surface area contributed by atoms with Crippen LogP contribution in [0, 0.1) is 13.8 Å². The molecule has 0 fully saturated rings. The molecule has 124 valence electrons. The Morgan fingerprint density at radius 2 is 1.96 bits per heavy atom. The Morgan fingerprint density at radius 1 is 1.25 bits per heavy atom. The summed E-state index contributed by atoms with van der Waals surface area (Å²) in [5.41, 5.74) is 3.14. The minimum atomic E-state index is -0.0654. The number of rotatable bonds is 4. The first-order chi connectivity index (χ1) is 11.5. The average molecular weight is 344 g/mol. The summed E-state index contributed by atoms with van der Waals surface area (Å²) in [7, 11) is 1.75. The van der Waals surface area contributed by atoms with Gasteiger partial charge < -0.3 is 9.32 Å². The number of aryl methyl sites for hydroxylation is 1. The van der Waals surface area contributed by atoms with E-state index in [-0.39, 0.29) is 5.91 Å². The third kappa shape index (κ3) is 3.08. The van der Waals surface area contributed by atoms with Crippen molar-refractivity contribution in [1.29, 1.82) is 0 Å². The zero-order valence-electron chi connectivity index (χ0n) is 13.8. The Hall–Kier alpha value is -2.53. The third-order valence-corrected chi connectivity index (χ3v) is 4.43. The summed E-state index contributed by atoms with van der Waals surface area (Å²) in [6.07, 6.45) is 1.60. The zero-order chi connectivity index (χ0) is 17.3. The van der Waals surface area contributed by atoms with Crippen LogP contribution in [0.1, 0.15) is 27.5 Å². The molecule has 2 heterocycles. The van der Waals surface area contributed by atoms with E-state index in [4.69, 9.17) is 16.0 Å². The molecule has 0 N–H and O–H groups in total. The van der Waals surface area contributed by atoms with Crippen LogP contribution < -0.4 is 0 Å². The molecule has 6 heteroatoms. The van der Waals surface area contributed by atoms with E-state index in [0.717, 1.165) is 22.8 Å². The molecule has 3 rings (SSSR count). The maximum Gasteiger partial charge on any atom is 0.254 e. The van der Waals surface area contributed by atoms with Crippen molar-refractivity contribution >= 4 is 17.5 Å². The number of hydrogen-bond donors (Lipinski definition) is 0. The van der Waals surface area contributed by atoms with Crippen molar-refractivity contribution in [3.8, 4) is 5.69 Å². The summed E-state index contributed by atoms with van der Waals surface area (Å²) in [6.45, 7) is 4.21. The van der Waals surface area contributed by atoms with Crippen LogP contribution in [0.15, 0.2) is 47.1 Å². The normalized spacial score (nSPS) is 10.8. The SMILES string of the molecule is Cc1nn(-c2ccc(C(=O)N(C)Cc3ccco3)cc2)c(C)c1Cl. The number of halogens is 1. The number of carbonyl (C=O) groups is 1. The fourth-order valence-corrected chi connectivity index (χ4v) is 2.67. The van der Waals surface area contributed by atoms with Gasteiger partial charge in [-0.3, -0.25) is 4.79 Å². The minimum absolute atomic E-state index is 0.0654. The standard InChI is InChI=1S/C18H18ClN3O2/c1-12-17(19)13(2)22(20-12)15-8-6-14(7-9-15)18(23)21(3)11-16-5-4-10-24-16/h4-10H,11H2,1-3H3.